The number of ether oxygens (including phenoxy) is 1. The van der Waals surface area contributed by atoms with Crippen molar-refractivity contribution in [2.45, 2.75) is 39.2 Å². The number of fused-ring (bicyclic) bond motifs is 1. The Kier molecular flexibility index (Phi) is 10.3. The smallest absolute Gasteiger partial charge is 0.259 e. The lowest BCUT2D eigenvalue weighted by molar-refractivity contribution is 0.0976. The third kappa shape index (κ3) is 9.09. The number of rotatable bonds is 10. The van der Waals surface area contributed by atoms with Crippen LogP contribution < -0.4 is 26.8 Å². The fraction of sp³-hybridized carbons (Fsp3) is 0.150. The van der Waals surface area contributed by atoms with Gasteiger partial charge < -0.3 is 16.2 Å². The number of amides is 1. The van der Waals surface area contributed by atoms with Gasteiger partial charge in [-0.3, -0.25) is 20.4 Å². The van der Waals surface area contributed by atoms with Gasteiger partial charge in [-0.25, -0.2) is 20.0 Å². The second-order valence-corrected chi connectivity index (χ2v) is 12.7. The molecule has 11 heteroatoms. The van der Waals surface area contributed by atoms with Crippen molar-refractivity contribution in [1.82, 2.24) is 20.3 Å². The van der Waals surface area contributed by atoms with Crippen molar-refractivity contribution in [3.05, 3.63) is 150 Å². The van der Waals surface area contributed by atoms with Crippen molar-refractivity contribution in [2.75, 3.05) is 5.32 Å². The molecule has 0 aliphatic carbocycles. The minimum Gasteiger partial charge on any atom is -0.457 e. The Labute approximate surface area is 296 Å². The van der Waals surface area contributed by atoms with Crippen LogP contribution in [0.25, 0.3) is 10.9 Å². The molecule has 6 N–H and O–H groups in total. The van der Waals surface area contributed by atoms with Crippen LogP contribution >= 0.6 is 0 Å². The molecule has 0 bridgehead atoms. The summed E-state index contributed by atoms with van der Waals surface area (Å²) in [6.07, 6.45) is 3.84. The summed E-state index contributed by atoms with van der Waals surface area (Å²) in [4.78, 5) is 34.2. The Bertz CT molecular complexity index is 2220. The van der Waals surface area contributed by atoms with Gasteiger partial charge >= 0.3 is 0 Å². The van der Waals surface area contributed by atoms with Crippen molar-refractivity contribution in [1.29, 1.82) is 0 Å². The number of aryl methyl sites for hydroxylation is 1. The van der Waals surface area contributed by atoms with Gasteiger partial charge in [0.2, 0.25) is 11.9 Å². The van der Waals surface area contributed by atoms with E-state index in [9.17, 15) is 4.79 Å². The molecule has 0 saturated heterocycles. The Morgan fingerprint density at radius 1 is 0.824 bits per heavy atom. The quantitative estimate of drug-likeness (QED) is 0.0893. The molecule has 2 aromatic heterocycles. The topological polar surface area (TPSA) is 166 Å². The van der Waals surface area contributed by atoms with Gasteiger partial charge in [-0.1, -0.05) is 74.5 Å². The molecule has 0 unspecified atom stereocenters. The lowest BCUT2D eigenvalue weighted by Crippen LogP contribution is -2.36. The van der Waals surface area contributed by atoms with Crippen LogP contribution in [0.4, 0.5) is 11.6 Å². The predicted octanol–water partition coefficient (Wildman–Crippen LogP) is 6.95. The van der Waals surface area contributed by atoms with Crippen LogP contribution in [0, 0.1) is 6.92 Å². The van der Waals surface area contributed by atoms with Gasteiger partial charge in [0.1, 0.15) is 11.5 Å². The Balaban J connectivity index is 1.05. The van der Waals surface area contributed by atoms with Crippen LogP contribution in [0.3, 0.4) is 0 Å². The maximum Gasteiger partial charge on any atom is 0.259 e. The molecule has 0 radical (unpaired) electrons. The number of carbonyl (C=O) groups excluding carboxylic acids is 1. The van der Waals surface area contributed by atoms with E-state index >= 15 is 0 Å². The molecule has 4 aromatic carbocycles. The zero-order valence-electron chi connectivity index (χ0n) is 28.7. The largest absolute Gasteiger partial charge is 0.457 e. The van der Waals surface area contributed by atoms with Crippen molar-refractivity contribution in [3.8, 4) is 11.5 Å². The second-order valence-electron chi connectivity index (χ2n) is 12.7. The van der Waals surface area contributed by atoms with E-state index in [0.717, 1.165) is 34.1 Å². The van der Waals surface area contributed by atoms with Crippen LogP contribution in [-0.2, 0) is 18.4 Å². The first kappa shape index (κ1) is 34.3. The third-order valence-electron chi connectivity index (χ3n) is 8.21. The summed E-state index contributed by atoms with van der Waals surface area (Å²) >= 11 is 0. The van der Waals surface area contributed by atoms with Gasteiger partial charge in [-0.05, 0) is 77.9 Å². The second kappa shape index (κ2) is 15.3. The number of nitrogens with zero attached hydrogens (tertiary/aromatic N) is 5. The highest BCUT2D eigenvalue weighted by Crippen LogP contribution is 2.31. The van der Waals surface area contributed by atoms with Crippen molar-refractivity contribution in [2.24, 2.45) is 21.5 Å². The maximum absolute atomic E-state index is 12.4. The Hall–Kier alpha value is -6.62. The molecule has 6 rings (SSSR count). The maximum atomic E-state index is 12.4. The molecule has 0 aliphatic rings. The summed E-state index contributed by atoms with van der Waals surface area (Å²) in [7, 11) is 0. The molecule has 11 nitrogen and oxygen atoms in total. The van der Waals surface area contributed by atoms with E-state index in [0.29, 0.717) is 35.2 Å². The van der Waals surface area contributed by atoms with Gasteiger partial charge in [-0.2, -0.15) is 0 Å². The molecule has 2 heterocycles. The minimum absolute atomic E-state index is 0.0331. The zero-order valence-corrected chi connectivity index (χ0v) is 28.7. The number of aliphatic imine (C=N–C) groups is 2. The number of anilines is 1. The fourth-order valence-electron chi connectivity index (χ4n) is 5.62. The first-order chi connectivity index (χ1) is 24.6. The molecular weight excluding hydrogens is 639 g/mol. The minimum atomic E-state index is -0.390. The van der Waals surface area contributed by atoms with Crippen molar-refractivity contribution >= 4 is 40.4 Å². The summed E-state index contributed by atoms with van der Waals surface area (Å²) in [6.45, 7) is 6.81. The SMILES string of the molecule is Cc1nc(NC(N)=NCc2ccc(C(C)(C)Cc3cccc(Oc4cccc(N=C(N)NC(=O)c5cccnc5)c4)c3)cc2)nc2ccccc12. The molecule has 0 fully saturated rings. The first-order valence-corrected chi connectivity index (χ1v) is 16.4. The molecule has 0 atom stereocenters. The van der Waals surface area contributed by atoms with E-state index in [2.05, 4.69) is 79.7 Å². The molecule has 51 heavy (non-hydrogen) atoms. The standard InChI is InChI=1S/C40H39N9O2/c1-26-34-14-4-5-15-35(34)47-39(45-26)49-37(41)44-24-27-16-18-30(19-17-27)40(2,3)23-28-9-6-12-32(21-28)51-33-13-7-11-31(22-33)46-38(42)48-36(50)29-10-8-20-43-25-29/h4-22,25H,23-24H2,1-3H3,(H3,42,46,48,50)(H3,41,44,45,47,49). The first-order valence-electron chi connectivity index (χ1n) is 16.4. The van der Waals surface area contributed by atoms with Crippen LogP contribution in [0.15, 0.2) is 132 Å². The highest BCUT2D eigenvalue weighted by Gasteiger charge is 2.21. The van der Waals surface area contributed by atoms with Crippen LogP contribution in [0.2, 0.25) is 0 Å². The number of pyridine rings is 1. The number of carbonyl (C=O) groups is 1. The number of para-hydroxylation sites is 1. The summed E-state index contributed by atoms with van der Waals surface area (Å²) in [5, 5.41) is 6.60. The van der Waals surface area contributed by atoms with E-state index in [1.807, 2.05) is 61.5 Å². The number of hydrogen-bond acceptors (Lipinski definition) is 7. The number of guanidine groups is 2. The molecule has 1 amide bonds. The number of benzene rings is 4. The van der Waals surface area contributed by atoms with E-state index in [4.69, 9.17) is 16.2 Å². The summed E-state index contributed by atoms with van der Waals surface area (Å²) < 4.78 is 6.19. The number of hydrogen-bond donors (Lipinski definition) is 4. The van der Waals surface area contributed by atoms with Crippen molar-refractivity contribution in [3.63, 3.8) is 0 Å². The van der Waals surface area contributed by atoms with Gasteiger partial charge in [0.05, 0.1) is 29.0 Å². The molecular formula is C40H39N9O2. The molecule has 0 spiro atoms. The van der Waals surface area contributed by atoms with E-state index in [1.165, 1.54) is 11.8 Å². The van der Waals surface area contributed by atoms with Crippen LogP contribution in [0.5, 0.6) is 11.5 Å². The summed E-state index contributed by atoms with van der Waals surface area (Å²) in [5.41, 5.74) is 18.0. The van der Waals surface area contributed by atoms with Crippen molar-refractivity contribution < 1.29 is 9.53 Å². The van der Waals surface area contributed by atoms with Gasteiger partial charge in [0.15, 0.2) is 5.96 Å². The highest BCUT2D eigenvalue weighted by atomic mass is 16.5. The Morgan fingerprint density at radius 2 is 1.59 bits per heavy atom. The Morgan fingerprint density at radius 3 is 2.37 bits per heavy atom. The van der Waals surface area contributed by atoms with Gasteiger partial charge in [0, 0.05) is 23.8 Å². The summed E-state index contributed by atoms with van der Waals surface area (Å²) in [6, 6.07) is 34.9. The van der Waals surface area contributed by atoms with Crippen LogP contribution in [-0.4, -0.2) is 32.8 Å². The van der Waals surface area contributed by atoms with Gasteiger partial charge in [0.25, 0.3) is 5.91 Å². The van der Waals surface area contributed by atoms with E-state index in [-0.39, 0.29) is 23.2 Å². The average molecular weight is 678 g/mol. The summed E-state index contributed by atoms with van der Waals surface area (Å²) in [5.74, 6) is 1.55. The fourth-order valence-corrected chi connectivity index (χ4v) is 5.62. The monoisotopic (exact) mass is 677 g/mol. The molecule has 0 aliphatic heterocycles. The highest BCUT2D eigenvalue weighted by molar-refractivity contribution is 6.05. The number of nitrogens with one attached hydrogen (secondary N) is 2. The number of nitrogens with two attached hydrogens (primary N) is 2. The molecule has 6 aromatic rings. The zero-order chi connectivity index (χ0) is 35.8. The molecule has 0 saturated carbocycles. The third-order valence-corrected chi connectivity index (χ3v) is 8.21. The lowest BCUT2D eigenvalue weighted by Gasteiger charge is -2.26. The van der Waals surface area contributed by atoms with E-state index in [1.54, 1.807) is 30.5 Å². The van der Waals surface area contributed by atoms with E-state index < -0.39 is 0 Å². The van der Waals surface area contributed by atoms with Crippen LogP contribution in [0.1, 0.15) is 46.6 Å². The predicted molar refractivity (Wildman–Crippen MR) is 202 cm³/mol. The van der Waals surface area contributed by atoms with Gasteiger partial charge in [-0.15, -0.1) is 0 Å². The molecule has 256 valence electrons. The lowest BCUT2D eigenvalue weighted by atomic mass is 9.79. The normalized spacial score (nSPS) is 12.1. The average Bonchev–Trinajstić information content (AvgIpc) is 3.11. The number of aromatic nitrogens is 3.